The number of likely N-dealkylation sites (tertiary alicyclic amines) is 1. The molecule has 0 spiro atoms. The van der Waals surface area contributed by atoms with Gasteiger partial charge in [0.05, 0.1) is 12.5 Å². The number of carboxylic acids is 1. The summed E-state index contributed by atoms with van der Waals surface area (Å²) in [6.45, 7) is 5.66. The summed E-state index contributed by atoms with van der Waals surface area (Å²) in [7, 11) is 0. The number of hydrogen-bond acceptors (Lipinski definition) is 3. The predicted molar refractivity (Wildman–Crippen MR) is 87.7 cm³/mol. The topological polar surface area (TPSA) is 66.8 Å². The van der Waals surface area contributed by atoms with Gasteiger partial charge in [0, 0.05) is 18.7 Å². The first-order valence-corrected chi connectivity index (χ1v) is 8.26. The van der Waals surface area contributed by atoms with Crippen LogP contribution < -0.4 is 4.74 Å². The van der Waals surface area contributed by atoms with E-state index in [2.05, 4.69) is 6.92 Å². The second-order valence-electron chi connectivity index (χ2n) is 6.31. The van der Waals surface area contributed by atoms with Crippen LogP contribution >= 0.6 is 0 Å². The van der Waals surface area contributed by atoms with Gasteiger partial charge in [-0.05, 0) is 43.0 Å². The molecule has 2 atom stereocenters. The Morgan fingerprint density at radius 3 is 2.57 bits per heavy atom. The van der Waals surface area contributed by atoms with Crippen LogP contribution in [0.3, 0.4) is 0 Å². The highest BCUT2D eigenvalue weighted by Crippen LogP contribution is 2.24. The third kappa shape index (κ3) is 4.71. The number of amides is 1. The lowest BCUT2D eigenvalue weighted by molar-refractivity contribution is -0.143. The van der Waals surface area contributed by atoms with Crippen LogP contribution in [0.2, 0.25) is 0 Å². The molecule has 0 aliphatic carbocycles. The molecule has 1 saturated heterocycles. The minimum absolute atomic E-state index is 0.108. The van der Waals surface area contributed by atoms with Crippen LogP contribution in [0.4, 0.5) is 0 Å². The Morgan fingerprint density at radius 1 is 1.26 bits per heavy atom. The first-order chi connectivity index (χ1) is 11.0. The van der Waals surface area contributed by atoms with Gasteiger partial charge in [-0.1, -0.05) is 20.3 Å². The molecule has 0 aromatic heterocycles. The first-order valence-electron chi connectivity index (χ1n) is 8.26. The van der Waals surface area contributed by atoms with Crippen molar-refractivity contribution in [2.75, 3.05) is 19.7 Å². The molecule has 1 aromatic rings. The maximum Gasteiger partial charge on any atom is 0.308 e. The van der Waals surface area contributed by atoms with Crippen molar-refractivity contribution in [1.82, 2.24) is 4.90 Å². The maximum atomic E-state index is 12.6. The molecule has 126 valence electrons. The summed E-state index contributed by atoms with van der Waals surface area (Å²) in [5, 5.41) is 9.21. The summed E-state index contributed by atoms with van der Waals surface area (Å²) in [4.78, 5) is 25.4. The van der Waals surface area contributed by atoms with E-state index < -0.39 is 11.9 Å². The van der Waals surface area contributed by atoms with Crippen molar-refractivity contribution in [3.05, 3.63) is 29.8 Å². The normalized spacial score (nSPS) is 21.0. The van der Waals surface area contributed by atoms with Crippen molar-refractivity contribution in [2.24, 2.45) is 11.8 Å². The maximum absolute atomic E-state index is 12.6. The number of nitrogens with zero attached hydrogens (tertiary/aromatic N) is 1. The molecule has 0 saturated carbocycles. The van der Waals surface area contributed by atoms with Gasteiger partial charge in [-0.25, -0.2) is 0 Å². The summed E-state index contributed by atoms with van der Waals surface area (Å²) in [5.74, 6) is -0.452. The van der Waals surface area contributed by atoms with Gasteiger partial charge in [0.2, 0.25) is 0 Å². The second-order valence-corrected chi connectivity index (χ2v) is 6.31. The van der Waals surface area contributed by atoms with E-state index in [1.54, 1.807) is 29.2 Å². The third-order valence-corrected chi connectivity index (χ3v) is 4.16. The lowest BCUT2D eigenvalue weighted by Crippen LogP contribution is -2.45. The van der Waals surface area contributed by atoms with E-state index in [0.29, 0.717) is 25.1 Å². The summed E-state index contributed by atoms with van der Waals surface area (Å²) in [6.07, 6.45) is 2.71. The lowest BCUT2D eigenvalue weighted by atomic mass is 9.90. The van der Waals surface area contributed by atoms with E-state index in [-0.39, 0.29) is 18.4 Å². The Balaban J connectivity index is 2.00. The standard InChI is InChI=1S/C18H25NO4/c1-3-4-9-23-16-7-5-14(6-8-16)17(20)19-11-13(2)10-15(12-19)18(21)22/h5-8,13,15H,3-4,9-12H2,1-2H3,(H,21,22). The van der Waals surface area contributed by atoms with Gasteiger partial charge >= 0.3 is 5.97 Å². The van der Waals surface area contributed by atoms with Crippen molar-refractivity contribution in [1.29, 1.82) is 0 Å². The molecule has 2 rings (SSSR count). The SMILES string of the molecule is CCCCOc1ccc(C(=O)N2CC(C)CC(C(=O)O)C2)cc1. The molecule has 1 amide bonds. The van der Waals surface area contributed by atoms with E-state index in [4.69, 9.17) is 4.74 Å². The zero-order chi connectivity index (χ0) is 16.8. The van der Waals surface area contributed by atoms with E-state index >= 15 is 0 Å². The van der Waals surface area contributed by atoms with Crippen LogP contribution in [0, 0.1) is 11.8 Å². The third-order valence-electron chi connectivity index (χ3n) is 4.16. The van der Waals surface area contributed by atoms with Gasteiger partial charge in [0.25, 0.3) is 5.91 Å². The van der Waals surface area contributed by atoms with Gasteiger partial charge in [0.1, 0.15) is 5.75 Å². The molecule has 1 aliphatic heterocycles. The Kier molecular flexibility index (Phi) is 6.02. The summed E-state index contributed by atoms with van der Waals surface area (Å²) >= 11 is 0. The Bertz CT molecular complexity index is 540. The van der Waals surface area contributed by atoms with Crippen molar-refractivity contribution >= 4 is 11.9 Å². The summed E-state index contributed by atoms with van der Waals surface area (Å²) in [6, 6.07) is 7.09. The molecule has 1 aromatic carbocycles. The Hall–Kier alpha value is -2.04. The quantitative estimate of drug-likeness (QED) is 0.818. The van der Waals surface area contributed by atoms with Crippen LogP contribution in [-0.4, -0.2) is 41.6 Å². The minimum Gasteiger partial charge on any atom is -0.494 e. The molecule has 1 aliphatic rings. The van der Waals surface area contributed by atoms with Crippen LogP contribution in [0.5, 0.6) is 5.75 Å². The fraction of sp³-hybridized carbons (Fsp3) is 0.556. The molecule has 2 unspecified atom stereocenters. The predicted octanol–water partition coefficient (Wildman–Crippen LogP) is 3.05. The number of benzene rings is 1. The highest BCUT2D eigenvalue weighted by atomic mass is 16.5. The average Bonchev–Trinajstić information content (AvgIpc) is 2.54. The van der Waals surface area contributed by atoms with Crippen molar-refractivity contribution in [2.45, 2.75) is 33.1 Å². The van der Waals surface area contributed by atoms with Crippen molar-refractivity contribution < 1.29 is 19.4 Å². The Labute approximate surface area is 137 Å². The first kappa shape index (κ1) is 17.3. The molecule has 1 N–H and O–H groups in total. The van der Waals surface area contributed by atoms with Gasteiger partial charge in [-0.2, -0.15) is 0 Å². The number of carbonyl (C=O) groups excluding carboxylic acids is 1. The van der Waals surface area contributed by atoms with Crippen LogP contribution in [0.15, 0.2) is 24.3 Å². The number of rotatable bonds is 6. The Morgan fingerprint density at radius 2 is 1.96 bits per heavy atom. The van der Waals surface area contributed by atoms with Gasteiger partial charge in [-0.15, -0.1) is 0 Å². The smallest absolute Gasteiger partial charge is 0.308 e. The molecule has 1 fully saturated rings. The number of piperidine rings is 1. The van der Waals surface area contributed by atoms with Crippen molar-refractivity contribution in [3.8, 4) is 5.75 Å². The highest BCUT2D eigenvalue weighted by molar-refractivity contribution is 5.94. The highest BCUT2D eigenvalue weighted by Gasteiger charge is 2.32. The fourth-order valence-electron chi connectivity index (χ4n) is 2.91. The number of unbranched alkanes of at least 4 members (excludes halogenated alkanes) is 1. The van der Waals surface area contributed by atoms with Gasteiger partial charge < -0.3 is 14.7 Å². The zero-order valence-corrected chi connectivity index (χ0v) is 13.8. The van der Waals surface area contributed by atoms with E-state index in [0.717, 1.165) is 18.6 Å². The molecular formula is C18H25NO4. The number of carbonyl (C=O) groups is 2. The summed E-state index contributed by atoms with van der Waals surface area (Å²) in [5.41, 5.74) is 0.575. The number of ether oxygens (including phenoxy) is 1. The van der Waals surface area contributed by atoms with Crippen LogP contribution in [-0.2, 0) is 4.79 Å². The number of carboxylic acid groups (broad SMARTS) is 1. The number of aliphatic carboxylic acids is 1. The molecule has 5 heteroatoms. The zero-order valence-electron chi connectivity index (χ0n) is 13.8. The molecule has 0 bridgehead atoms. The molecule has 5 nitrogen and oxygen atoms in total. The van der Waals surface area contributed by atoms with Crippen LogP contribution in [0.25, 0.3) is 0 Å². The van der Waals surface area contributed by atoms with Crippen LogP contribution in [0.1, 0.15) is 43.5 Å². The second kappa shape index (κ2) is 7.99. The molecular weight excluding hydrogens is 294 g/mol. The monoisotopic (exact) mass is 319 g/mol. The van der Waals surface area contributed by atoms with Gasteiger partial charge in [-0.3, -0.25) is 9.59 Å². The van der Waals surface area contributed by atoms with Crippen molar-refractivity contribution in [3.63, 3.8) is 0 Å². The fourth-order valence-corrected chi connectivity index (χ4v) is 2.91. The molecule has 23 heavy (non-hydrogen) atoms. The molecule has 0 radical (unpaired) electrons. The van der Waals surface area contributed by atoms with E-state index in [9.17, 15) is 14.7 Å². The average molecular weight is 319 g/mol. The van der Waals surface area contributed by atoms with E-state index in [1.165, 1.54) is 0 Å². The minimum atomic E-state index is -0.825. The molecule has 1 heterocycles. The number of hydrogen-bond donors (Lipinski definition) is 1. The van der Waals surface area contributed by atoms with Gasteiger partial charge in [0.15, 0.2) is 0 Å². The largest absolute Gasteiger partial charge is 0.494 e. The lowest BCUT2D eigenvalue weighted by Gasteiger charge is -2.34. The summed E-state index contributed by atoms with van der Waals surface area (Å²) < 4.78 is 5.59. The van der Waals surface area contributed by atoms with E-state index in [1.807, 2.05) is 6.92 Å².